The van der Waals surface area contributed by atoms with E-state index in [4.69, 9.17) is 0 Å². The molecule has 248 valence electrons. The molecule has 0 unspecified atom stereocenters. The Balaban J connectivity index is 1.28. The first-order chi connectivity index (χ1) is 23.0. The van der Waals surface area contributed by atoms with Gasteiger partial charge in [-0.2, -0.15) is 0 Å². The lowest BCUT2D eigenvalue weighted by Gasteiger charge is -2.42. The smallest absolute Gasteiger partial charge is 0.269 e. The van der Waals surface area contributed by atoms with Gasteiger partial charge in [0.1, 0.15) is 5.82 Å². The second-order valence-corrected chi connectivity index (χ2v) is 14.9. The number of hydrogen-bond acceptors (Lipinski definition) is 7. The Bertz CT molecular complexity index is 2100. The number of carbonyl (C=O) groups is 1. The van der Waals surface area contributed by atoms with Crippen molar-refractivity contribution >= 4 is 32.7 Å². The zero-order valence-corrected chi connectivity index (χ0v) is 28.4. The van der Waals surface area contributed by atoms with Crippen molar-refractivity contribution in [2.45, 2.75) is 17.9 Å². The van der Waals surface area contributed by atoms with Gasteiger partial charge < -0.3 is 19.6 Å². The van der Waals surface area contributed by atoms with Gasteiger partial charge in [0, 0.05) is 91.0 Å². The predicted molar refractivity (Wildman–Crippen MR) is 187 cm³/mol. The largest absolute Gasteiger partial charge is 0.369 e. The summed E-state index contributed by atoms with van der Waals surface area (Å²) in [4.78, 5) is 26.2. The maximum absolute atomic E-state index is 15.7. The SMILES string of the molecule is Cc1ccc(S(=O)(=O)n2cc(-c3ccc(C(=O)N4CC(N(C)C)C4)cc3)c3cc(-c4ccc(N5CCN(C)CC5)cc4F)cnc32)cc1. The molecule has 2 aliphatic rings. The molecule has 3 aromatic carbocycles. The number of carbonyl (C=O) groups excluding carboxylic acids is 1. The molecule has 7 rings (SSSR count). The molecule has 0 spiro atoms. The lowest BCUT2D eigenvalue weighted by molar-refractivity contribution is 0.0399. The summed E-state index contributed by atoms with van der Waals surface area (Å²) in [6.45, 7) is 6.75. The number of likely N-dealkylation sites (tertiary alicyclic amines) is 1. The first-order valence-electron chi connectivity index (χ1n) is 16.1. The molecule has 2 saturated heterocycles. The average molecular weight is 667 g/mol. The Labute approximate surface area is 280 Å². The van der Waals surface area contributed by atoms with Gasteiger partial charge >= 0.3 is 0 Å². The van der Waals surface area contributed by atoms with Crippen molar-refractivity contribution in [2.24, 2.45) is 0 Å². The highest BCUT2D eigenvalue weighted by molar-refractivity contribution is 7.90. The van der Waals surface area contributed by atoms with Crippen LogP contribution in [0.15, 0.2) is 90.1 Å². The first-order valence-corrected chi connectivity index (χ1v) is 17.6. The number of aryl methyl sites for hydroxylation is 1. The van der Waals surface area contributed by atoms with Crippen LogP contribution in [0.3, 0.4) is 0 Å². The Hall–Kier alpha value is -4.58. The topological polar surface area (TPSA) is 82.0 Å². The summed E-state index contributed by atoms with van der Waals surface area (Å²) in [5, 5.41) is 0.557. The van der Waals surface area contributed by atoms with Crippen LogP contribution in [0.4, 0.5) is 10.1 Å². The van der Waals surface area contributed by atoms with Gasteiger partial charge in [0.05, 0.1) is 4.90 Å². The van der Waals surface area contributed by atoms with Crippen molar-refractivity contribution < 1.29 is 17.6 Å². The van der Waals surface area contributed by atoms with Gasteiger partial charge in [0.2, 0.25) is 0 Å². The minimum absolute atomic E-state index is 0.0384. The molecule has 0 saturated carbocycles. The minimum atomic E-state index is -4.01. The molecule has 0 bridgehead atoms. The van der Waals surface area contributed by atoms with Gasteiger partial charge in [-0.3, -0.25) is 4.79 Å². The molecule has 11 heteroatoms. The molecule has 2 fully saturated rings. The Kier molecular flexibility index (Phi) is 8.31. The van der Waals surface area contributed by atoms with Crippen LogP contribution in [0, 0.1) is 12.7 Å². The molecule has 9 nitrogen and oxygen atoms in total. The summed E-state index contributed by atoms with van der Waals surface area (Å²) in [7, 11) is 2.09. The number of benzene rings is 3. The Morgan fingerprint density at radius 3 is 2.21 bits per heavy atom. The summed E-state index contributed by atoms with van der Waals surface area (Å²) < 4.78 is 44.8. The molecule has 0 N–H and O–H groups in total. The number of fused-ring (bicyclic) bond motifs is 1. The van der Waals surface area contributed by atoms with E-state index in [2.05, 4.69) is 26.7 Å². The lowest BCUT2D eigenvalue weighted by Crippen LogP contribution is -2.59. The monoisotopic (exact) mass is 666 g/mol. The number of aromatic nitrogens is 2. The Morgan fingerprint density at radius 1 is 0.875 bits per heavy atom. The summed E-state index contributed by atoms with van der Waals surface area (Å²) in [5.74, 6) is -0.408. The van der Waals surface area contributed by atoms with E-state index in [0.717, 1.165) is 37.4 Å². The van der Waals surface area contributed by atoms with Crippen LogP contribution in [0.2, 0.25) is 0 Å². The standard InChI is InChI=1S/C37H39FN6O3S/c1-25-5-12-31(13-6-25)48(46,47)44-24-34(26-7-9-27(10-8-26)37(45)43-22-30(23-43)40(2)3)33-19-28(21-39-36(33)44)32-14-11-29(20-35(32)38)42-17-15-41(4)16-18-42/h5-14,19-21,24,30H,15-18,22-23H2,1-4H3. The molecule has 0 radical (unpaired) electrons. The maximum atomic E-state index is 15.7. The molecule has 0 aliphatic carbocycles. The van der Waals surface area contributed by atoms with E-state index in [9.17, 15) is 13.2 Å². The van der Waals surface area contributed by atoms with Crippen molar-refractivity contribution in [3.8, 4) is 22.3 Å². The van der Waals surface area contributed by atoms with E-state index in [-0.39, 0.29) is 22.3 Å². The van der Waals surface area contributed by atoms with E-state index in [0.29, 0.717) is 52.3 Å². The van der Waals surface area contributed by atoms with Gasteiger partial charge in [-0.15, -0.1) is 0 Å². The van der Waals surface area contributed by atoms with Crippen LogP contribution in [0.1, 0.15) is 15.9 Å². The number of hydrogen-bond donors (Lipinski definition) is 0. The zero-order chi connectivity index (χ0) is 33.7. The number of piperazine rings is 1. The van der Waals surface area contributed by atoms with Crippen LogP contribution in [-0.2, 0) is 10.0 Å². The maximum Gasteiger partial charge on any atom is 0.269 e. The summed E-state index contributed by atoms with van der Waals surface area (Å²) in [6, 6.07) is 21.3. The van der Waals surface area contributed by atoms with Crippen molar-refractivity contribution in [3.05, 3.63) is 102 Å². The second kappa shape index (κ2) is 12.5. The highest BCUT2D eigenvalue weighted by atomic mass is 32.2. The highest BCUT2D eigenvalue weighted by Crippen LogP contribution is 2.36. The lowest BCUT2D eigenvalue weighted by atomic mass is 10.00. The van der Waals surface area contributed by atoms with E-state index < -0.39 is 10.0 Å². The van der Waals surface area contributed by atoms with E-state index in [1.54, 1.807) is 60.8 Å². The van der Waals surface area contributed by atoms with E-state index in [1.165, 1.54) is 10.2 Å². The number of halogens is 1. The third-order valence-electron chi connectivity index (χ3n) is 9.64. The molecular weight excluding hydrogens is 628 g/mol. The van der Waals surface area contributed by atoms with Crippen LogP contribution in [0.5, 0.6) is 0 Å². The van der Waals surface area contributed by atoms with Crippen molar-refractivity contribution in [1.29, 1.82) is 0 Å². The predicted octanol–water partition coefficient (Wildman–Crippen LogP) is 5.19. The molecule has 2 aromatic heterocycles. The number of pyridine rings is 1. The molecule has 0 atom stereocenters. The molecule has 5 aromatic rings. The summed E-state index contributed by atoms with van der Waals surface area (Å²) >= 11 is 0. The quantitative estimate of drug-likeness (QED) is 0.237. The molecule has 48 heavy (non-hydrogen) atoms. The second-order valence-electron chi connectivity index (χ2n) is 13.1. The van der Waals surface area contributed by atoms with Crippen molar-refractivity contribution in [1.82, 2.24) is 23.7 Å². The van der Waals surface area contributed by atoms with Gasteiger partial charge in [-0.25, -0.2) is 21.8 Å². The number of amides is 1. The third kappa shape index (κ3) is 5.86. The molecule has 1 amide bonds. The van der Waals surface area contributed by atoms with E-state index in [1.807, 2.05) is 44.1 Å². The van der Waals surface area contributed by atoms with E-state index >= 15 is 4.39 Å². The zero-order valence-electron chi connectivity index (χ0n) is 27.6. The van der Waals surface area contributed by atoms with Gasteiger partial charge in [-0.1, -0.05) is 29.8 Å². The normalized spacial score (nSPS) is 16.1. The highest BCUT2D eigenvalue weighted by Gasteiger charge is 2.32. The first kappa shape index (κ1) is 32.0. The van der Waals surface area contributed by atoms with Crippen LogP contribution in [-0.4, -0.2) is 104 Å². The Morgan fingerprint density at radius 2 is 1.56 bits per heavy atom. The number of likely N-dealkylation sites (N-methyl/N-ethyl adjacent to an activating group) is 2. The summed E-state index contributed by atoms with van der Waals surface area (Å²) in [6.07, 6.45) is 3.09. The summed E-state index contributed by atoms with van der Waals surface area (Å²) in [5.41, 5.74) is 4.83. The fraction of sp³-hybridized carbons (Fsp3) is 0.297. The van der Waals surface area contributed by atoms with Crippen molar-refractivity contribution in [3.63, 3.8) is 0 Å². The molecule has 2 aliphatic heterocycles. The van der Waals surface area contributed by atoms with Crippen LogP contribution in [0.25, 0.3) is 33.3 Å². The number of anilines is 1. The fourth-order valence-electron chi connectivity index (χ4n) is 6.39. The third-order valence-corrected chi connectivity index (χ3v) is 11.3. The number of nitrogens with zero attached hydrogens (tertiary/aromatic N) is 6. The van der Waals surface area contributed by atoms with Gasteiger partial charge in [-0.05, 0) is 82.2 Å². The minimum Gasteiger partial charge on any atom is -0.369 e. The molecule has 4 heterocycles. The molecular formula is C37H39FN6O3S. The van der Waals surface area contributed by atoms with Gasteiger partial charge in [0.15, 0.2) is 5.65 Å². The van der Waals surface area contributed by atoms with Crippen LogP contribution >= 0.6 is 0 Å². The van der Waals surface area contributed by atoms with Gasteiger partial charge in [0.25, 0.3) is 15.9 Å². The fourth-order valence-corrected chi connectivity index (χ4v) is 7.71. The number of rotatable bonds is 7. The average Bonchev–Trinajstić information content (AvgIpc) is 3.44. The van der Waals surface area contributed by atoms with Crippen molar-refractivity contribution in [2.75, 3.05) is 65.3 Å². The van der Waals surface area contributed by atoms with Crippen LogP contribution < -0.4 is 4.90 Å².